The van der Waals surface area contributed by atoms with Crippen molar-refractivity contribution in [2.45, 2.75) is 118 Å². The fourth-order valence-corrected chi connectivity index (χ4v) is 7.80. The molecule has 0 saturated carbocycles. The summed E-state index contributed by atoms with van der Waals surface area (Å²) in [6.07, 6.45) is -11.6. The highest BCUT2D eigenvalue weighted by atomic mass is 16.4. The van der Waals surface area contributed by atoms with Crippen LogP contribution < -0.4 is 31.1 Å². The number of carbonyl (C=O) groups excluding carboxylic acids is 6. The van der Waals surface area contributed by atoms with Crippen molar-refractivity contribution in [1.82, 2.24) is 21.3 Å². The predicted molar refractivity (Wildman–Crippen MR) is 253 cm³/mol. The van der Waals surface area contributed by atoms with Crippen LogP contribution in [0.1, 0.15) is 109 Å². The number of nitrogens with one attached hydrogen (secondary N) is 4. The van der Waals surface area contributed by atoms with Crippen LogP contribution in [0.5, 0.6) is 0 Å². The van der Waals surface area contributed by atoms with Crippen molar-refractivity contribution in [3.63, 3.8) is 0 Å². The summed E-state index contributed by atoms with van der Waals surface area (Å²) in [6.45, 7) is 9.05. The number of carbonyl (C=O) groups is 6. The Balaban J connectivity index is 0.0000117. The SMILES string of the molecule is CC.CCc1c(C(=O)NCC(O)CO)c(C)c(C(=O)NCC(O)CO)c(C)c1N(CC(O)C(O)C(O)CN(C(C)=O)c1c(C)c(C(=O)NCC(O)CO)c(C)c(C(=O)NCC(O)CO)c1C)C(C)=O. The number of benzene rings is 2. The largest absolute Gasteiger partial charge is 0.394 e. The summed E-state index contributed by atoms with van der Waals surface area (Å²) in [5.74, 6) is -4.85. The van der Waals surface area contributed by atoms with E-state index in [1.165, 1.54) is 34.6 Å². The number of aliphatic hydroxyl groups excluding tert-OH is 11. The second-order valence-corrected chi connectivity index (χ2v) is 16.2. The molecule has 0 aliphatic heterocycles. The van der Waals surface area contributed by atoms with E-state index in [-0.39, 0.29) is 73.4 Å². The number of nitrogens with zero attached hydrogens (tertiary/aromatic N) is 2. The molecule has 0 fully saturated rings. The fourth-order valence-electron chi connectivity index (χ4n) is 7.80. The highest BCUT2D eigenvalue weighted by Gasteiger charge is 2.36. The highest BCUT2D eigenvalue weighted by molar-refractivity contribution is 6.09. The van der Waals surface area contributed by atoms with E-state index in [9.17, 15) is 84.9 Å². The molecular weight excluding hydrogens is 909 g/mol. The summed E-state index contributed by atoms with van der Waals surface area (Å²) in [6, 6.07) is 0. The molecule has 0 bridgehead atoms. The number of anilines is 2. The van der Waals surface area contributed by atoms with Crippen LogP contribution in [-0.4, -0.2) is 200 Å². The first-order valence-electron chi connectivity index (χ1n) is 22.5. The van der Waals surface area contributed by atoms with Crippen LogP contribution in [0.25, 0.3) is 0 Å². The molecule has 15 N–H and O–H groups in total. The van der Waals surface area contributed by atoms with E-state index in [1.54, 1.807) is 6.92 Å². The third-order valence-electron chi connectivity index (χ3n) is 11.2. The van der Waals surface area contributed by atoms with Gasteiger partial charge < -0.3 is 87.2 Å². The smallest absolute Gasteiger partial charge is 0.252 e. The van der Waals surface area contributed by atoms with Crippen LogP contribution >= 0.6 is 0 Å². The number of rotatable bonds is 25. The standard InChI is InChI=1S/C44H68N6O17.C2H6/c1-9-31-37(44(67)48-13-30(60)19-54)21(3)36(43(66)47-12-29(59)18-53)24(6)39(31)50(26(8)56)15-33(62)40(63)32(61)14-49(25(7)55)38-22(4)34(41(64)45-10-27(57)16-51)20(2)35(23(38)5)42(65)46-11-28(58)17-52;1-2/h27-30,32-33,40,51-54,57-63H,9-19H2,1-8H3,(H,45,64)(H,46,65)(H,47,66)(H,48,67);1-2H3. The Bertz CT molecular complexity index is 2050. The van der Waals surface area contributed by atoms with E-state index in [4.69, 9.17) is 0 Å². The van der Waals surface area contributed by atoms with Gasteiger partial charge >= 0.3 is 0 Å². The third kappa shape index (κ3) is 15.9. The molecular formula is C46H74N6O17. The topological polar surface area (TPSA) is 380 Å². The molecule has 23 nitrogen and oxygen atoms in total. The van der Waals surface area contributed by atoms with Gasteiger partial charge in [-0.2, -0.15) is 0 Å². The first-order valence-corrected chi connectivity index (χ1v) is 22.5. The Morgan fingerprint density at radius 3 is 0.986 bits per heavy atom. The van der Waals surface area contributed by atoms with Crippen LogP contribution in [-0.2, 0) is 16.0 Å². The van der Waals surface area contributed by atoms with E-state index >= 15 is 0 Å². The summed E-state index contributed by atoms with van der Waals surface area (Å²) < 4.78 is 0. The Labute approximate surface area is 401 Å². The second-order valence-electron chi connectivity index (χ2n) is 16.2. The van der Waals surface area contributed by atoms with Gasteiger partial charge in [0.05, 0.1) is 75.3 Å². The Morgan fingerprint density at radius 1 is 0.449 bits per heavy atom. The van der Waals surface area contributed by atoms with Crippen LogP contribution in [0.3, 0.4) is 0 Å². The third-order valence-corrected chi connectivity index (χ3v) is 11.2. The van der Waals surface area contributed by atoms with E-state index in [0.29, 0.717) is 0 Å². The van der Waals surface area contributed by atoms with Gasteiger partial charge in [0, 0.05) is 62.3 Å². The molecule has 0 radical (unpaired) electrons. The highest BCUT2D eigenvalue weighted by Crippen LogP contribution is 2.37. The molecule has 7 atom stereocenters. The Kier molecular flexibility index (Phi) is 26.1. The molecule has 0 aromatic heterocycles. The molecule has 0 aliphatic rings. The molecule has 390 valence electrons. The van der Waals surface area contributed by atoms with Gasteiger partial charge in [0.15, 0.2) is 0 Å². The number of hydrogen-bond acceptors (Lipinski definition) is 17. The van der Waals surface area contributed by atoms with Crippen LogP contribution in [0.4, 0.5) is 11.4 Å². The maximum atomic E-state index is 13.8. The van der Waals surface area contributed by atoms with Gasteiger partial charge in [0.2, 0.25) is 11.8 Å². The number of hydrogen-bond donors (Lipinski definition) is 15. The molecule has 23 heteroatoms. The van der Waals surface area contributed by atoms with Crippen molar-refractivity contribution in [3.8, 4) is 0 Å². The van der Waals surface area contributed by atoms with E-state index < -0.39 is 144 Å². The molecule has 2 aromatic rings. The molecule has 2 aromatic carbocycles. The van der Waals surface area contributed by atoms with Gasteiger partial charge in [-0.15, -0.1) is 0 Å². The molecule has 0 spiro atoms. The minimum Gasteiger partial charge on any atom is -0.394 e. The lowest BCUT2D eigenvalue weighted by molar-refractivity contribution is -0.117. The lowest BCUT2D eigenvalue weighted by atomic mass is 9.87. The molecule has 2 rings (SSSR count). The monoisotopic (exact) mass is 983 g/mol. The average Bonchev–Trinajstić information content (AvgIpc) is 3.31. The normalized spacial score (nSPS) is 14.2. The molecule has 69 heavy (non-hydrogen) atoms. The predicted octanol–water partition coefficient (Wildman–Crippen LogP) is -3.36. The summed E-state index contributed by atoms with van der Waals surface area (Å²) in [4.78, 5) is 83.7. The van der Waals surface area contributed by atoms with Gasteiger partial charge in [-0.25, -0.2) is 0 Å². The molecule has 6 amide bonds. The quantitative estimate of drug-likeness (QED) is 0.0462. The average molecular weight is 983 g/mol. The summed E-state index contributed by atoms with van der Waals surface area (Å²) >= 11 is 0. The zero-order valence-corrected chi connectivity index (χ0v) is 41.1. The molecule has 0 aliphatic carbocycles. The van der Waals surface area contributed by atoms with Crippen LogP contribution in [0.15, 0.2) is 0 Å². The fraction of sp³-hybridized carbons (Fsp3) is 0.609. The summed E-state index contributed by atoms with van der Waals surface area (Å²) in [7, 11) is 0. The van der Waals surface area contributed by atoms with Crippen molar-refractivity contribution in [2.24, 2.45) is 0 Å². The van der Waals surface area contributed by atoms with Crippen molar-refractivity contribution < 1.29 is 84.9 Å². The Morgan fingerprint density at radius 2 is 0.710 bits per heavy atom. The molecule has 0 saturated heterocycles. The molecule has 7 unspecified atom stereocenters. The first kappa shape index (κ1) is 61.8. The van der Waals surface area contributed by atoms with Gasteiger partial charge in [-0.05, 0) is 74.4 Å². The zero-order valence-electron chi connectivity index (χ0n) is 41.1. The van der Waals surface area contributed by atoms with Crippen molar-refractivity contribution in [1.29, 1.82) is 0 Å². The lowest BCUT2D eigenvalue weighted by Gasteiger charge is -2.35. The minimum absolute atomic E-state index is 0.0331. The maximum Gasteiger partial charge on any atom is 0.252 e. The van der Waals surface area contributed by atoms with Crippen molar-refractivity contribution >= 4 is 46.8 Å². The zero-order chi connectivity index (χ0) is 53.2. The Hall–Kier alpha value is -5.18. The van der Waals surface area contributed by atoms with Gasteiger partial charge in [0.1, 0.15) is 18.3 Å². The van der Waals surface area contributed by atoms with E-state index in [0.717, 1.165) is 23.6 Å². The number of aliphatic hydroxyl groups is 11. The summed E-state index contributed by atoms with van der Waals surface area (Å²) in [5, 5.41) is 121. The van der Waals surface area contributed by atoms with Crippen LogP contribution in [0.2, 0.25) is 0 Å². The van der Waals surface area contributed by atoms with Gasteiger partial charge in [-0.3, -0.25) is 28.8 Å². The van der Waals surface area contributed by atoms with Gasteiger partial charge in [0.25, 0.3) is 23.6 Å². The van der Waals surface area contributed by atoms with Crippen molar-refractivity contribution in [2.75, 3.05) is 75.5 Å². The van der Waals surface area contributed by atoms with Gasteiger partial charge in [-0.1, -0.05) is 20.8 Å². The minimum atomic E-state index is -2.15. The van der Waals surface area contributed by atoms with E-state index in [1.807, 2.05) is 13.8 Å². The number of amides is 6. The maximum absolute atomic E-state index is 13.8. The van der Waals surface area contributed by atoms with E-state index in [2.05, 4.69) is 21.3 Å². The molecule has 0 heterocycles. The lowest BCUT2D eigenvalue weighted by Crippen LogP contribution is -2.51. The first-order chi connectivity index (χ1) is 32.4. The summed E-state index contributed by atoms with van der Waals surface area (Å²) in [5.41, 5.74) is 0.0187. The second kappa shape index (κ2) is 29.1. The van der Waals surface area contributed by atoms with Crippen molar-refractivity contribution in [3.05, 3.63) is 55.6 Å². The van der Waals surface area contributed by atoms with Crippen LogP contribution in [0, 0.1) is 34.6 Å².